The molecule has 0 atom stereocenters. The van der Waals surface area contributed by atoms with Crippen LogP contribution in [0.4, 0.5) is 0 Å². The Morgan fingerprint density at radius 2 is 1.75 bits per heavy atom. The third kappa shape index (κ3) is 2.46. The van der Waals surface area contributed by atoms with Gasteiger partial charge in [-0.05, 0) is 28.5 Å². The number of phenolic OH excluding ortho intramolecular Hbond substituents is 1. The number of phenols is 1. The van der Waals surface area contributed by atoms with Crippen molar-refractivity contribution in [2.45, 2.75) is 45.4 Å². The van der Waals surface area contributed by atoms with Gasteiger partial charge in [-0.25, -0.2) is 0 Å². The number of aromatic hydroxyl groups is 1. The molecule has 0 aliphatic carbocycles. The van der Waals surface area contributed by atoms with Gasteiger partial charge in [0.2, 0.25) is 0 Å². The van der Waals surface area contributed by atoms with E-state index in [9.17, 15) is 5.11 Å². The molecule has 0 aromatic heterocycles. The monoisotopic (exact) mass is 260 g/mol. The molecule has 0 radical (unpaired) electrons. The van der Waals surface area contributed by atoms with Crippen molar-refractivity contribution in [1.82, 2.24) is 0 Å². The predicted octanol–water partition coefficient (Wildman–Crippen LogP) is 5.03. The Hall–Kier alpha value is -0.400. The summed E-state index contributed by atoms with van der Waals surface area (Å²) in [6.45, 7) is 8.15. The molecule has 0 spiro atoms. The zero-order valence-corrected chi connectivity index (χ0v) is 11.7. The Balaban J connectivity index is 3.49. The van der Waals surface area contributed by atoms with Crippen LogP contribution in [-0.4, -0.2) is 5.11 Å². The molecule has 0 fully saturated rings. The number of alkyl halides is 1. The highest BCUT2D eigenvalue weighted by Gasteiger charge is 2.19. The van der Waals surface area contributed by atoms with E-state index >= 15 is 0 Å². The van der Waals surface area contributed by atoms with E-state index < -0.39 is 0 Å². The topological polar surface area (TPSA) is 20.2 Å². The fourth-order valence-corrected chi connectivity index (χ4v) is 2.57. The third-order valence-electron chi connectivity index (χ3n) is 2.74. The Kier molecular flexibility index (Phi) is 4.52. The van der Waals surface area contributed by atoms with Gasteiger partial charge in [0.25, 0.3) is 0 Å². The van der Waals surface area contributed by atoms with E-state index in [0.29, 0.717) is 10.9 Å². The largest absolute Gasteiger partial charge is 0.506 e. The first-order valence-electron chi connectivity index (χ1n) is 5.50. The molecule has 0 saturated heterocycles. The van der Waals surface area contributed by atoms with Crippen LogP contribution in [0.5, 0.6) is 5.75 Å². The lowest BCUT2D eigenvalue weighted by Gasteiger charge is -2.19. The molecule has 0 aliphatic rings. The fourth-order valence-electron chi connectivity index (χ4n) is 1.90. The van der Waals surface area contributed by atoms with E-state index in [0.717, 1.165) is 16.7 Å². The lowest BCUT2D eigenvalue weighted by molar-refractivity contribution is 0.463. The van der Waals surface area contributed by atoms with Gasteiger partial charge in [0, 0.05) is 5.88 Å². The summed E-state index contributed by atoms with van der Waals surface area (Å²) < 4.78 is 0. The molecule has 16 heavy (non-hydrogen) atoms. The van der Waals surface area contributed by atoms with Crippen LogP contribution in [0, 0.1) is 0 Å². The first kappa shape index (κ1) is 13.7. The lowest BCUT2D eigenvalue weighted by atomic mass is 9.91. The summed E-state index contributed by atoms with van der Waals surface area (Å²) >= 11 is 12.1. The van der Waals surface area contributed by atoms with E-state index in [1.807, 2.05) is 33.8 Å². The van der Waals surface area contributed by atoms with Crippen LogP contribution in [0.1, 0.15) is 56.2 Å². The van der Waals surface area contributed by atoms with Gasteiger partial charge in [-0.15, -0.1) is 11.6 Å². The summed E-state index contributed by atoms with van der Waals surface area (Å²) in [5.41, 5.74) is 2.84. The second kappa shape index (κ2) is 5.29. The van der Waals surface area contributed by atoms with Crippen LogP contribution in [0.25, 0.3) is 0 Å². The first-order valence-corrected chi connectivity index (χ1v) is 6.41. The van der Waals surface area contributed by atoms with Crippen molar-refractivity contribution >= 4 is 23.2 Å². The Morgan fingerprint density at radius 3 is 2.12 bits per heavy atom. The summed E-state index contributed by atoms with van der Waals surface area (Å²) in [6.07, 6.45) is 0. The van der Waals surface area contributed by atoms with Crippen molar-refractivity contribution in [2.75, 3.05) is 0 Å². The molecule has 90 valence electrons. The van der Waals surface area contributed by atoms with Crippen LogP contribution >= 0.6 is 23.2 Å². The second-order valence-corrected chi connectivity index (χ2v) is 5.29. The van der Waals surface area contributed by atoms with Gasteiger partial charge in [0.1, 0.15) is 5.75 Å². The minimum absolute atomic E-state index is 0.203. The molecule has 1 nitrogen and oxygen atoms in total. The van der Waals surface area contributed by atoms with Crippen molar-refractivity contribution < 1.29 is 5.11 Å². The second-order valence-electron chi connectivity index (χ2n) is 4.64. The maximum atomic E-state index is 10.0. The predicted molar refractivity (Wildman–Crippen MR) is 70.9 cm³/mol. The summed E-state index contributed by atoms with van der Waals surface area (Å²) in [5, 5.41) is 10.5. The standard InChI is InChI=1S/C13H18Cl2O/c1-7(2)10-5-9(6-14)11(8(3)4)12(15)13(10)16/h5,7-8,16H,6H2,1-4H3. The molecule has 1 rings (SSSR count). The molecular formula is C13H18Cl2O. The highest BCUT2D eigenvalue weighted by atomic mass is 35.5. The van der Waals surface area contributed by atoms with Crippen LogP contribution in [0.15, 0.2) is 6.07 Å². The average Bonchev–Trinajstić information content (AvgIpc) is 2.20. The maximum Gasteiger partial charge on any atom is 0.137 e. The molecule has 0 bridgehead atoms. The first-order chi connectivity index (χ1) is 7.40. The molecule has 3 heteroatoms. The lowest BCUT2D eigenvalue weighted by Crippen LogP contribution is -2.00. The summed E-state index contributed by atoms with van der Waals surface area (Å²) in [7, 11) is 0. The molecule has 0 aliphatic heterocycles. The number of halogens is 2. The van der Waals surface area contributed by atoms with Gasteiger partial charge < -0.3 is 5.11 Å². The Labute approximate surface area is 107 Å². The smallest absolute Gasteiger partial charge is 0.137 e. The SMILES string of the molecule is CC(C)c1cc(CCl)c(C(C)C)c(Cl)c1O. The molecule has 0 saturated carbocycles. The van der Waals surface area contributed by atoms with Gasteiger partial charge in [0.15, 0.2) is 0 Å². The van der Waals surface area contributed by atoms with E-state index in [1.165, 1.54) is 0 Å². The summed E-state index contributed by atoms with van der Waals surface area (Å²) in [6, 6.07) is 1.97. The molecule has 1 N–H and O–H groups in total. The molecule has 0 amide bonds. The minimum atomic E-state index is 0.203. The van der Waals surface area contributed by atoms with Crippen LogP contribution in [0.3, 0.4) is 0 Å². The van der Waals surface area contributed by atoms with Gasteiger partial charge in [-0.3, -0.25) is 0 Å². The van der Waals surface area contributed by atoms with Crippen LogP contribution in [0.2, 0.25) is 5.02 Å². The molecular weight excluding hydrogens is 243 g/mol. The van der Waals surface area contributed by atoms with Crippen molar-refractivity contribution in [3.05, 3.63) is 27.8 Å². The van der Waals surface area contributed by atoms with Gasteiger partial charge >= 0.3 is 0 Å². The van der Waals surface area contributed by atoms with Crippen molar-refractivity contribution in [3.63, 3.8) is 0 Å². The van der Waals surface area contributed by atoms with Crippen LogP contribution in [-0.2, 0) is 5.88 Å². The molecule has 0 heterocycles. The summed E-state index contributed by atoms with van der Waals surface area (Å²) in [4.78, 5) is 0. The number of rotatable bonds is 3. The van der Waals surface area contributed by atoms with E-state index in [1.54, 1.807) is 0 Å². The van der Waals surface area contributed by atoms with Gasteiger partial charge in [-0.2, -0.15) is 0 Å². The molecule has 0 unspecified atom stereocenters. The van der Waals surface area contributed by atoms with E-state index in [2.05, 4.69) is 0 Å². The van der Waals surface area contributed by atoms with Crippen LogP contribution < -0.4 is 0 Å². The highest BCUT2D eigenvalue weighted by molar-refractivity contribution is 6.33. The Morgan fingerprint density at radius 1 is 1.19 bits per heavy atom. The zero-order valence-electron chi connectivity index (χ0n) is 10.1. The minimum Gasteiger partial charge on any atom is -0.506 e. The fraction of sp³-hybridized carbons (Fsp3) is 0.538. The zero-order chi connectivity index (χ0) is 12.5. The van der Waals surface area contributed by atoms with Gasteiger partial charge in [-0.1, -0.05) is 45.4 Å². The number of hydrogen-bond donors (Lipinski definition) is 1. The van der Waals surface area contributed by atoms with Crippen molar-refractivity contribution in [3.8, 4) is 5.75 Å². The van der Waals surface area contributed by atoms with Gasteiger partial charge in [0.05, 0.1) is 5.02 Å². The van der Waals surface area contributed by atoms with Crippen molar-refractivity contribution in [2.24, 2.45) is 0 Å². The number of benzene rings is 1. The van der Waals surface area contributed by atoms with Crippen molar-refractivity contribution in [1.29, 1.82) is 0 Å². The third-order valence-corrected chi connectivity index (χ3v) is 3.41. The highest BCUT2D eigenvalue weighted by Crippen LogP contribution is 2.40. The Bertz CT molecular complexity index is 384. The maximum absolute atomic E-state index is 10.0. The van der Waals surface area contributed by atoms with E-state index in [4.69, 9.17) is 23.2 Å². The average molecular weight is 261 g/mol. The molecule has 1 aromatic carbocycles. The molecule has 1 aromatic rings. The quantitative estimate of drug-likeness (QED) is 0.756. The normalized spacial score (nSPS) is 11.5. The van der Waals surface area contributed by atoms with E-state index in [-0.39, 0.29) is 17.6 Å². The number of hydrogen-bond acceptors (Lipinski definition) is 1. The summed E-state index contributed by atoms with van der Waals surface area (Å²) in [5.74, 6) is 1.12.